The number of furan rings is 1. The third-order valence-corrected chi connectivity index (χ3v) is 13.2. The molecule has 0 bridgehead atoms. The van der Waals surface area contributed by atoms with Crippen LogP contribution >= 0.6 is 11.3 Å². The highest BCUT2D eigenvalue weighted by atomic mass is 32.1. The molecule has 0 amide bonds. The zero-order chi connectivity index (χ0) is 35.0. The number of hydrogen-bond acceptors (Lipinski definition) is 2. The van der Waals surface area contributed by atoms with Gasteiger partial charge in [-0.05, 0) is 113 Å². The fourth-order valence-corrected chi connectivity index (χ4v) is 10.8. The lowest BCUT2D eigenvalue weighted by Gasteiger charge is -2.23. The molecule has 12 rings (SSSR count). The van der Waals surface area contributed by atoms with Gasteiger partial charge >= 0.3 is 0 Å². The molecule has 9 aromatic carbocycles. The van der Waals surface area contributed by atoms with Crippen molar-refractivity contribution in [1.29, 1.82) is 0 Å². The monoisotopic (exact) mass is 692 g/mol. The van der Waals surface area contributed by atoms with Gasteiger partial charge in [-0.1, -0.05) is 135 Å². The predicted octanol–water partition coefficient (Wildman–Crippen LogP) is 15.1. The number of fused-ring (bicyclic) bond motifs is 14. The summed E-state index contributed by atoms with van der Waals surface area (Å²) in [5.74, 6) is 0. The van der Waals surface area contributed by atoms with Crippen molar-refractivity contribution in [2.24, 2.45) is 0 Å². The first-order valence-electron chi connectivity index (χ1n) is 18.4. The van der Waals surface area contributed by atoms with Gasteiger partial charge in [-0.3, -0.25) is 0 Å². The van der Waals surface area contributed by atoms with Crippen LogP contribution in [0.25, 0.3) is 108 Å². The molecule has 1 nitrogen and oxygen atoms in total. The van der Waals surface area contributed by atoms with Crippen LogP contribution in [0.5, 0.6) is 0 Å². The summed E-state index contributed by atoms with van der Waals surface area (Å²) in [5, 5.41) is 12.8. The maximum Gasteiger partial charge on any atom is 0.135 e. The minimum Gasteiger partial charge on any atom is -0.456 e. The lowest BCUT2D eigenvalue weighted by atomic mass is 9.80. The number of benzene rings is 9. The summed E-state index contributed by atoms with van der Waals surface area (Å²) < 4.78 is 8.93. The highest BCUT2D eigenvalue weighted by Gasteiger charge is 2.37. The third-order valence-electron chi connectivity index (χ3n) is 12.0. The summed E-state index contributed by atoms with van der Waals surface area (Å²) in [6.07, 6.45) is 0. The maximum atomic E-state index is 6.23. The molecule has 0 saturated carbocycles. The molecule has 0 fully saturated rings. The fraction of sp³-hybridized carbons (Fsp3) is 0.0588. The molecule has 1 aliphatic carbocycles. The zero-order valence-corrected chi connectivity index (χ0v) is 30.1. The van der Waals surface area contributed by atoms with Crippen molar-refractivity contribution >= 4 is 85.8 Å². The minimum atomic E-state index is -0.156. The first kappa shape index (κ1) is 29.4. The summed E-state index contributed by atoms with van der Waals surface area (Å²) in [6, 6.07) is 58.5. The summed E-state index contributed by atoms with van der Waals surface area (Å²) >= 11 is 1.90. The van der Waals surface area contributed by atoms with Gasteiger partial charge in [0.05, 0.1) is 0 Å². The first-order valence-corrected chi connectivity index (χ1v) is 19.2. The number of hydrogen-bond donors (Lipinski definition) is 0. The Labute approximate surface area is 310 Å². The molecule has 0 saturated heterocycles. The van der Waals surface area contributed by atoms with Crippen LogP contribution in [-0.4, -0.2) is 0 Å². The van der Waals surface area contributed by atoms with Crippen LogP contribution in [0.15, 0.2) is 162 Å². The Balaban J connectivity index is 1.12. The van der Waals surface area contributed by atoms with Gasteiger partial charge in [0.2, 0.25) is 0 Å². The van der Waals surface area contributed by atoms with Crippen molar-refractivity contribution in [3.63, 3.8) is 0 Å². The predicted molar refractivity (Wildman–Crippen MR) is 228 cm³/mol. The van der Waals surface area contributed by atoms with E-state index in [-0.39, 0.29) is 5.41 Å². The molecule has 0 aliphatic heterocycles. The molecular formula is C51H32OS. The normalized spacial score (nSPS) is 13.6. The summed E-state index contributed by atoms with van der Waals surface area (Å²) in [7, 11) is 0. The molecule has 248 valence electrons. The average molecular weight is 693 g/mol. The molecule has 0 N–H and O–H groups in total. The van der Waals surface area contributed by atoms with E-state index in [1.54, 1.807) is 0 Å². The summed E-state index contributed by atoms with van der Waals surface area (Å²) in [4.78, 5) is 0. The van der Waals surface area contributed by atoms with Crippen LogP contribution in [0.3, 0.4) is 0 Å². The smallest absolute Gasteiger partial charge is 0.135 e. The maximum absolute atomic E-state index is 6.23. The standard InChI is InChI=1S/C51H32OS/c1-51(2)40-24-20-29-22-26-45-50(38-16-8-10-18-44(38)53-45)48(29)49(40)37-23-19-31(28-41(37)51)47-35-14-5-3-12-33(35)46(34-13-4-6-15-36(34)47)30-21-25-43-39(27-30)32-11-7-9-17-42(32)52-43/h3-28H,1-2H3. The number of para-hydroxylation sites is 1. The molecule has 1 aliphatic rings. The van der Waals surface area contributed by atoms with Gasteiger partial charge in [0.15, 0.2) is 0 Å². The van der Waals surface area contributed by atoms with E-state index < -0.39 is 0 Å². The first-order chi connectivity index (χ1) is 26.0. The highest BCUT2D eigenvalue weighted by molar-refractivity contribution is 7.26. The Morgan fingerprint density at radius 1 is 0.415 bits per heavy atom. The van der Waals surface area contributed by atoms with Gasteiger partial charge in [-0.25, -0.2) is 0 Å². The van der Waals surface area contributed by atoms with E-state index in [1.807, 2.05) is 17.4 Å². The molecule has 2 heterocycles. The second-order valence-corrected chi connectivity index (χ2v) is 16.2. The molecule has 0 radical (unpaired) electrons. The van der Waals surface area contributed by atoms with Crippen LogP contribution in [0.1, 0.15) is 25.0 Å². The molecular weight excluding hydrogens is 661 g/mol. The van der Waals surface area contributed by atoms with Gasteiger partial charge in [-0.2, -0.15) is 0 Å². The largest absolute Gasteiger partial charge is 0.456 e. The minimum absolute atomic E-state index is 0.156. The molecule has 2 heteroatoms. The summed E-state index contributed by atoms with van der Waals surface area (Å²) in [5.41, 5.74) is 12.3. The second-order valence-electron chi connectivity index (χ2n) is 15.2. The lowest BCUT2D eigenvalue weighted by molar-refractivity contribution is 0.661. The Morgan fingerprint density at radius 3 is 1.74 bits per heavy atom. The Morgan fingerprint density at radius 2 is 1.00 bits per heavy atom. The van der Waals surface area contributed by atoms with E-state index >= 15 is 0 Å². The van der Waals surface area contributed by atoms with Crippen LogP contribution in [-0.2, 0) is 5.41 Å². The van der Waals surface area contributed by atoms with E-state index in [4.69, 9.17) is 4.42 Å². The number of thiophene rings is 1. The molecule has 0 atom stereocenters. The second kappa shape index (κ2) is 10.4. The van der Waals surface area contributed by atoms with Crippen LogP contribution in [0, 0.1) is 0 Å². The van der Waals surface area contributed by atoms with Crippen LogP contribution in [0.2, 0.25) is 0 Å². The van der Waals surface area contributed by atoms with E-state index in [1.165, 1.54) is 97.0 Å². The molecule has 0 spiro atoms. The van der Waals surface area contributed by atoms with E-state index in [0.717, 1.165) is 21.9 Å². The zero-order valence-electron chi connectivity index (χ0n) is 29.3. The van der Waals surface area contributed by atoms with Gasteiger partial charge in [0, 0.05) is 36.4 Å². The van der Waals surface area contributed by atoms with Crippen molar-refractivity contribution in [3.8, 4) is 33.4 Å². The Hall–Kier alpha value is -6.22. The van der Waals surface area contributed by atoms with Crippen molar-refractivity contribution in [2.45, 2.75) is 19.3 Å². The summed E-state index contributed by atoms with van der Waals surface area (Å²) in [6.45, 7) is 4.82. The average Bonchev–Trinajstić information content (AvgIpc) is 3.84. The SMILES string of the molecule is CC1(C)c2cc(-c3c4ccccc4c(-c4ccc5oc6ccccc6c5c4)c4ccccc34)ccc2-c2c1ccc1ccc3sc4ccccc4c3c21. The van der Waals surface area contributed by atoms with Gasteiger partial charge in [0.1, 0.15) is 11.2 Å². The Kier molecular flexibility index (Phi) is 5.78. The molecule has 53 heavy (non-hydrogen) atoms. The van der Waals surface area contributed by atoms with Gasteiger partial charge in [-0.15, -0.1) is 11.3 Å². The van der Waals surface area contributed by atoms with E-state index in [9.17, 15) is 0 Å². The number of rotatable bonds is 2. The van der Waals surface area contributed by atoms with E-state index in [0.29, 0.717) is 0 Å². The van der Waals surface area contributed by atoms with Crippen molar-refractivity contribution in [3.05, 3.63) is 169 Å². The van der Waals surface area contributed by atoms with Gasteiger partial charge in [0.25, 0.3) is 0 Å². The van der Waals surface area contributed by atoms with Crippen molar-refractivity contribution in [1.82, 2.24) is 0 Å². The van der Waals surface area contributed by atoms with Crippen LogP contribution < -0.4 is 0 Å². The molecule has 2 aromatic heterocycles. The Bertz CT molecular complexity index is 3320. The lowest BCUT2D eigenvalue weighted by Crippen LogP contribution is -2.15. The molecule has 0 unspecified atom stereocenters. The van der Waals surface area contributed by atoms with E-state index in [2.05, 4.69) is 166 Å². The fourth-order valence-electron chi connectivity index (χ4n) is 9.64. The highest BCUT2D eigenvalue weighted by Crippen LogP contribution is 2.55. The molecule has 11 aromatic rings. The third kappa shape index (κ3) is 3.91. The topological polar surface area (TPSA) is 13.1 Å². The van der Waals surface area contributed by atoms with Crippen molar-refractivity contribution < 1.29 is 4.42 Å². The quantitative estimate of drug-likeness (QED) is 0.164. The van der Waals surface area contributed by atoms with Gasteiger partial charge < -0.3 is 4.42 Å². The van der Waals surface area contributed by atoms with Crippen molar-refractivity contribution in [2.75, 3.05) is 0 Å². The van der Waals surface area contributed by atoms with Crippen LogP contribution in [0.4, 0.5) is 0 Å².